The van der Waals surface area contributed by atoms with Crippen LogP contribution in [0.3, 0.4) is 0 Å². The van der Waals surface area contributed by atoms with Gasteiger partial charge in [0, 0.05) is 38.3 Å². The number of nitrogens with zero attached hydrogens (tertiary/aromatic N) is 2. The standard InChI is InChI=1S/C50H28N2O/c1-2-11-30-26-32(21-20-29(30)10-1)51-43-18-7-5-15-36(43)39-22-23-41-47-44(25-24-40-37-16-6-8-19-45(37)53-50(40)47)52(49(41)48(39)51)33-27-31-12-9-17-38-34-13-3-4-14-35(34)42(28-33)46(31)38/h1-28H. The average Bonchev–Trinajstić information content (AvgIpc) is 3.95. The summed E-state index contributed by atoms with van der Waals surface area (Å²) in [4.78, 5) is 0. The zero-order valence-electron chi connectivity index (χ0n) is 28.5. The van der Waals surface area contributed by atoms with Crippen molar-refractivity contribution in [3.05, 3.63) is 170 Å². The van der Waals surface area contributed by atoms with Crippen LogP contribution in [0.1, 0.15) is 0 Å². The van der Waals surface area contributed by atoms with Crippen molar-refractivity contribution in [1.82, 2.24) is 9.13 Å². The Bertz CT molecular complexity index is 3570. The first-order chi connectivity index (χ1) is 26.3. The van der Waals surface area contributed by atoms with E-state index in [2.05, 4.69) is 179 Å². The predicted octanol–water partition coefficient (Wildman–Crippen LogP) is 13.7. The molecule has 53 heavy (non-hydrogen) atoms. The molecule has 0 radical (unpaired) electrons. The minimum absolute atomic E-state index is 0.908. The molecule has 0 aliphatic heterocycles. The van der Waals surface area contributed by atoms with Crippen LogP contribution in [0.2, 0.25) is 0 Å². The van der Waals surface area contributed by atoms with E-state index < -0.39 is 0 Å². The Morgan fingerprint density at radius 2 is 1.00 bits per heavy atom. The van der Waals surface area contributed by atoms with E-state index in [1.165, 1.54) is 76.5 Å². The first kappa shape index (κ1) is 27.6. The summed E-state index contributed by atoms with van der Waals surface area (Å²) in [5.41, 5.74) is 14.0. The summed E-state index contributed by atoms with van der Waals surface area (Å²) in [7, 11) is 0. The molecule has 0 saturated carbocycles. The van der Waals surface area contributed by atoms with Gasteiger partial charge in [-0.1, -0.05) is 121 Å². The van der Waals surface area contributed by atoms with Gasteiger partial charge in [-0.25, -0.2) is 0 Å². The van der Waals surface area contributed by atoms with Crippen LogP contribution >= 0.6 is 0 Å². The van der Waals surface area contributed by atoms with Gasteiger partial charge < -0.3 is 13.6 Å². The molecule has 0 N–H and O–H groups in total. The zero-order chi connectivity index (χ0) is 34.4. The average molecular weight is 673 g/mol. The molecule has 244 valence electrons. The molecule has 3 heterocycles. The van der Waals surface area contributed by atoms with Crippen LogP contribution < -0.4 is 0 Å². The highest BCUT2D eigenvalue weighted by atomic mass is 16.3. The monoisotopic (exact) mass is 672 g/mol. The summed E-state index contributed by atoms with van der Waals surface area (Å²) in [6, 6.07) is 62.3. The van der Waals surface area contributed by atoms with E-state index in [9.17, 15) is 0 Å². The van der Waals surface area contributed by atoms with Crippen LogP contribution in [-0.4, -0.2) is 9.13 Å². The molecule has 1 aliphatic carbocycles. The largest absolute Gasteiger partial charge is 0.455 e. The normalized spacial score (nSPS) is 12.5. The fourth-order valence-corrected chi connectivity index (χ4v) is 9.60. The molecule has 12 aromatic rings. The molecule has 3 aromatic heterocycles. The fourth-order valence-electron chi connectivity index (χ4n) is 9.60. The van der Waals surface area contributed by atoms with Crippen molar-refractivity contribution in [3.8, 4) is 33.6 Å². The SMILES string of the molecule is c1ccc2c(c1)-c1cccc3cc(-n4c5ccc6c7ccccc7oc6c5c5ccc6c7ccccc7n(-c7ccc8ccccc8c7)c6c54)cc-2c13. The molecule has 3 nitrogen and oxygen atoms in total. The van der Waals surface area contributed by atoms with Crippen molar-refractivity contribution in [2.45, 2.75) is 0 Å². The first-order valence-electron chi connectivity index (χ1n) is 18.3. The van der Waals surface area contributed by atoms with Crippen molar-refractivity contribution >= 4 is 87.1 Å². The summed E-state index contributed by atoms with van der Waals surface area (Å²) in [5.74, 6) is 0. The molecule has 0 unspecified atom stereocenters. The third-order valence-electron chi connectivity index (χ3n) is 11.8. The van der Waals surface area contributed by atoms with Gasteiger partial charge in [-0.2, -0.15) is 0 Å². The lowest BCUT2D eigenvalue weighted by molar-refractivity contribution is 0.673. The molecule has 1 aliphatic rings. The fraction of sp³-hybridized carbons (Fsp3) is 0. The van der Waals surface area contributed by atoms with Gasteiger partial charge >= 0.3 is 0 Å². The number of para-hydroxylation sites is 2. The number of hydrogen-bond donors (Lipinski definition) is 0. The quantitative estimate of drug-likeness (QED) is 0.179. The smallest absolute Gasteiger partial charge is 0.145 e. The van der Waals surface area contributed by atoms with Crippen molar-refractivity contribution in [1.29, 1.82) is 0 Å². The molecule has 13 rings (SSSR count). The Labute approximate surface area is 303 Å². The van der Waals surface area contributed by atoms with E-state index in [0.29, 0.717) is 0 Å². The molecule has 9 aromatic carbocycles. The summed E-state index contributed by atoms with van der Waals surface area (Å²) >= 11 is 0. The maximum atomic E-state index is 6.81. The molecule has 0 spiro atoms. The number of aromatic nitrogens is 2. The third kappa shape index (κ3) is 3.49. The van der Waals surface area contributed by atoms with Crippen molar-refractivity contribution < 1.29 is 4.42 Å². The van der Waals surface area contributed by atoms with Crippen LogP contribution in [0.25, 0.3) is 121 Å². The maximum absolute atomic E-state index is 6.81. The van der Waals surface area contributed by atoms with E-state index >= 15 is 0 Å². The van der Waals surface area contributed by atoms with E-state index in [1.54, 1.807) is 0 Å². The molecule has 0 fully saturated rings. The second kappa shape index (κ2) is 9.81. The minimum Gasteiger partial charge on any atom is -0.455 e. The minimum atomic E-state index is 0.908. The van der Waals surface area contributed by atoms with Gasteiger partial charge in [0.05, 0.1) is 27.5 Å². The van der Waals surface area contributed by atoms with Crippen molar-refractivity contribution in [2.24, 2.45) is 0 Å². The molecular weight excluding hydrogens is 645 g/mol. The van der Waals surface area contributed by atoms with E-state index in [4.69, 9.17) is 4.42 Å². The van der Waals surface area contributed by atoms with Crippen LogP contribution in [0.4, 0.5) is 0 Å². The predicted molar refractivity (Wildman–Crippen MR) is 222 cm³/mol. The van der Waals surface area contributed by atoms with Crippen LogP contribution in [0.5, 0.6) is 0 Å². The van der Waals surface area contributed by atoms with Crippen LogP contribution in [0, 0.1) is 0 Å². The van der Waals surface area contributed by atoms with Crippen molar-refractivity contribution in [3.63, 3.8) is 0 Å². The molecule has 3 heteroatoms. The summed E-state index contributed by atoms with van der Waals surface area (Å²) in [6.45, 7) is 0. The molecular formula is C50H28N2O. The van der Waals surface area contributed by atoms with Gasteiger partial charge in [-0.05, 0) is 92.3 Å². The summed E-state index contributed by atoms with van der Waals surface area (Å²) < 4.78 is 11.8. The van der Waals surface area contributed by atoms with Gasteiger partial charge in [0.1, 0.15) is 11.2 Å². The second-order valence-corrected chi connectivity index (χ2v) is 14.5. The van der Waals surface area contributed by atoms with Crippen molar-refractivity contribution in [2.75, 3.05) is 0 Å². The summed E-state index contributed by atoms with van der Waals surface area (Å²) in [6.07, 6.45) is 0. The van der Waals surface area contributed by atoms with Crippen LogP contribution in [-0.2, 0) is 0 Å². The molecule has 0 saturated heterocycles. The highest BCUT2D eigenvalue weighted by Gasteiger charge is 2.26. The summed E-state index contributed by atoms with van der Waals surface area (Å²) in [5, 5.41) is 12.1. The number of fused-ring (bicyclic) bond motifs is 15. The lowest BCUT2D eigenvalue weighted by Crippen LogP contribution is -1.99. The van der Waals surface area contributed by atoms with Gasteiger partial charge in [0.25, 0.3) is 0 Å². The lowest BCUT2D eigenvalue weighted by atomic mass is 10.0. The number of rotatable bonds is 2. The Morgan fingerprint density at radius 3 is 1.92 bits per heavy atom. The number of furan rings is 1. The lowest BCUT2D eigenvalue weighted by Gasteiger charge is -2.15. The molecule has 0 atom stereocenters. The first-order valence-corrected chi connectivity index (χ1v) is 18.3. The highest BCUT2D eigenvalue weighted by molar-refractivity contribution is 6.30. The van der Waals surface area contributed by atoms with Crippen LogP contribution in [0.15, 0.2) is 174 Å². The molecule has 0 bridgehead atoms. The van der Waals surface area contributed by atoms with Gasteiger partial charge in [0.2, 0.25) is 0 Å². The van der Waals surface area contributed by atoms with Gasteiger partial charge in [-0.3, -0.25) is 0 Å². The van der Waals surface area contributed by atoms with E-state index in [1.807, 2.05) is 0 Å². The number of hydrogen-bond acceptors (Lipinski definition) is 1. The number of benzene rings is 9. The highest BCUT2D eigenvalue weighted by Crippen LogP contribution is 2.50. The second-order valence-electron chi connectivity index (χ2n) is 14.5. The molecule has 0 amide bonds. The Hall–Kier alpha value is -7.10. The van der Waals surface area contributed by atoms with E-state index in [0.717, 1.165) is 44.2 Å². The Morgan fingerprint density at radius 1 is 0.340 bits per heavy atom. The third-order valence-corrected chi connectivity index (χ3v) is 11.8. The van der Waals surface area contributed by atoms with E-state index in [-0.39, 0.29) is 0 Å². The zero-order valence-corrected chi connectivity index (χ0v) is 28.5. The van der Waals surface area contributed by atoms with Gasteiger partial charge in [0.15, 0.2) is 0 Å². The topological polar surface area (TPSA) is 23.0 Å². The Kier molecular flexibility index (Phi) is 5.11. The maximum Gasteiger partial charge on any atom is 0.145 e. The Balaban J connectivity index is 1.26. The van der Waals surface area contributed by atoms with Gasteiger partial charge in [-0.15, -0.1) is 0 Å².